The first kappa shape index (κ1) is 29.2. The van der Waals surface area contributed by atoms with E-state index >= 15 is 0 Å². The average molecular weight is 593 g/mol. The third kappa shape index (κ3) is 6.94. The van der Waals surface area contributed by atoms with Crippen LogP contribution in [0.2, 0.25) is 5.02 Å². The number of furan rings is 1. The van der Waals surface area contributed by atoms with Crippen LogP contribution in [0.5, 0.6) is 0 Å². The first-order valence-electron chi connectivity index (χ1n) is 13.5. The molecule has 218 valence electrons. The zero-order valence-electron chi connectivity index (χ0n) is 22.1. The second-order valence-electron chi connectivity index (χ2n) is 10.4. The molecule has 2 aromatic carbocycles. The van der Waals surface area contributed by atoms with Crippen LogP contribution in [0.15, 0.2) is 40.8 Å². The van der Waals surface area contributed by atoms with E-state index in [4.69, 9.17) is 26.0 Å². The Balaban J connectivity index is 1.03. The molecule has 41 heavy (non-hydrogen) atoms. The van der Waals surface area contributed by atoms with Crippen LogP contribution in [0.1, 0.15) is 42.6 Å². The van der Waals surface area contributed by atoms with Gasteiger partial charge in [-0.25, -0.2) is 4.39 Å². The van der Waals surface area contributed by atoms with Gasteiger partial charge in [0.1, 0.15) is 23.8 Å². The summed E-state index contributed by atoms with van der Waals surface area (Å²) in [6.07, 6.45) is -1.94. The van der Waals surface area contributed by atoms with E-state index in [0.717, 1.165) is 6.07 Å². The van der Waals surface area contributed by atoms with Crippen LogP contribution >= 0.6 is 11.6 Å². The summed E-state index contributed by atoms with van der Waals surface area (Å²) in [7, 11) is 0. The van der Waals surface area contributed by atoms with E-state index in [2.05, 4.69) is 10.2 Å². The molecule has 3 aromatic rings. The zero-order chi connectivity index (χ0) is 29.1. The lowest BCUT2D eigenvalue weighted by Crippen LogP contribution is -2.49. The maximum Gasteiger partial charge on any atom is 0.417 e. The minimum absolute atomic E-state index is 0.0196. The van der Waals surface area contributed by atoms with E-state index in [1.165, 1.54) is 24.3 Å². The monoisotopic (exact) mass is 592 g/mol. The highest BCUT2D eigenvalue weighted by Crippen LogP contribution is 2.35. The fraction of sp³-hybridized carbons (Fsp3) is 0.448. The summed E-state index contributed by atoms with van der Waals surface area (Å²) in [6, 6.07) is 9.45. The highest BCUT2D eigenvalue weighted by molar-refractivity contribution is 6.36. The van der Waals surface area contributed by atoms with Gasteiger partial charge in [0.2, 0.25) is 5.91 Å². The number of piperazine rings is 1. The molecule has 0 radical (unpaired) electrons. The van der Waals surface area contributed by atoms with Crippen LogP contribution in [-0.2, 0) is 22.3 Å². The lowest BCUT2D eigenvalue weighted by molar-refractivity contribution is -0.140. The number of rotatable bonds is 7. The lowest BCUT2D eigenvalue weighted by atomic mass is 9.92. The third-order valence-corrected chi connectivity index (χ3v) is 8.10. The molecule has 1 N–H and O–H groups in total. The molecular weight excluding hydrogens is 564 g/mol. The smallest absolute Gasteiger partial charge is 0.417 e. The maximum atomic E-state index is 13.5. The van der Waals surface area contributed by atoms with Crippen molar-refractivity contribution in [3.05, 3.63) is 64.1 Å². The Hall–Kier alpha value is -3.33. The van der Waals surface area contributed by atoms with Crippen molar-refractivity contribution in [3.8, 4) is 6.07 Å². The van der Waals surface area contributed by atoms with E-state index < -0.39 is 17.3 Å². The summed E-state index contributed by atoms with van der Waals surface area (Å²) in [4.78, 5) is 16.7. The molecule has 1 saturated heterocycles. The van der Waals surface area contributed by atoms with Crippen molar-refractivity contribution in [1.82, 2.24) is 9.80 Å². The molecule has 0 atom stereocenters. The number of ether oxygens (including phenoxy) is 1. The topological polar surface area (TPSA) is 81.7 Å². The minimum Gasteiger partial charge on any atom is -0.458 e. The average Bonchev–Trinajstić information content (AvgIpc) is 3.26. The van der Waals surface area contributed by atoms with Gasteiger partial charge in [-0.2, -0.15) is 18.4 Å². The third-order valence-electron chi connectivity index (χ3n) is 7.68. The van der Waals surface area contributed by atoms with Crippen molar-refractivity contribution >= 4 is 34.2 Å². The Kier molecular flexibility index (Phi) is 8.73. The number of benzene rings is 2. The Bertz CT molecular complexity index is 1440. The lowest BCUT2D eigenvalue weighted by Gasteiger charge is -2.35. The Morgan fingerprint density at radius 1 is 1.10 bits per heavy atom. The van der Waals surface area contributed by atoms with Crippen molar-refractivity contribution in [3.63, 3.8) is 0 Å². The quantitative estimate of drug-likeness (QED) is 0.329. The van der Waals surface area contributed by atoms with Gasteiger partial charge in [0.25, 0.3) is 0 Å². The number of nitrogens with zero attached hydrogens (tertiary/aromatic N) is 3. The predicted molar refractivity (Wildman–Crippen MR) is 145 cm³/mol. The second-order valence-corrected chi connectivity index (χ2v) is 10.8. The number of nitriles is 1. The van der Waals surface area contributed by atoms with Crippen LogP contribution in [0.4, 0.5) is 23.2 Å². The standard InChI is InChI=1S/C29H29ClF4N4O3/c30-28-23-13-19(31)2-8-25(23)41-26(28)16-37-9-11-38(12-10-37)27(39)17-40-22-6-4-20(5-7-22)36-21-3-1-18(15-35)24(14-21)29(32,33)34/h1-3,8,13-14,20,22,36H,4-7,9-12,16-17H2. The maximum absolute atomic E-state index is 13.5. The van der Waals surface area contributed by atoms with Gasteiger partial charge in [0, 0.05) is 43.3 Å². The number of amides is 1. The molecule has 2 fully saturated rings. The summed E-state index contributed by atoms with van der Waals surface area (Å²) < 4.78 is 65.0. The van der Waals surface area contributed by atoms with Crippen LogP contribution in [0.25, 0.3) is 11.0 Å². The number of hydrogen-bond acceptors (Lipinski definition) is 6. The van der Waals surface area contributed by atoms with Gasteiger partial charge in [0.15, 0.2) is 0 Å². The van der Waals surface area contributed by atoms with Gasteiger partial charge in [-0.05, 0) is 62.1 Å². The van der Waals surface area contributed by atoms with E-state index in [1.807, 2.05) is 0 Å². The van der Waals surface area contributed by atoms with E-state index in [1.54, 1.807) is 17.0 Å². The molecule has 1 aromatic heterocycles. The van der Waals surface area contributed by atoms with Crippen LogP contribution in [0.3, 0.4) is 0 Å². The molecule has 5 rings (SSSR count). The van der Waals surface area contributed by atoms with Gasteiger partial charge in [-0.1, -0.05) is 11.6 Å². The van der Waals surface area contributed by atoms with Gasteiger partial charge in [-0.3, -0.25) is 9.69 Å². The molecule has 1 aliphatic heterocycles. The van der Waals surface area contributed by atoms with E-state index in [0.29, 0.717) is 85.8 Å². The molecule has 7 nitrogen and oxygen atoms in total. The number of fused-ring (bicyclic) bond motifs is 1. The van der Waals surface area contributed by atoms with Crippen molar-refractivity contribution in [1.29, 1.82) is 5.26 Å². The fourth-order valence-electron chi connectivity index (χ4n) is 5.41. The Morgan fingerprint density at radius 3 is 2.51 bits per heavy atom. The van der Waals surface area contributed by atoms with Gasteiger partial charge >= 0.3 is 6.18 Å². The summed E-state index contributed by atoms with van der Waals surface area (Å²) in [5, 5.41) is 13.1. The molecule has 0 spiro atoms. The normalized spacial score (nSPS) is 20.2. The fourth-order valence-corrected chi connectivity index (χ4v) is 5.65. The number of carbonyl (C=O) groups is 1. The number of anilines is 1. The van der Waals surface area contributed by atoms with Crippen molar-refractivity contribution < 1.29 is 31.5 Å². The SMILES string of the molecule is N#Cc1ccc(NC2CCC(OCC(=O)N3CCN(Cc4oc5ccc(F)cc5c4Cl)CC3)CC2)cc1C(F)(F)F. The summed E-state index contributed by atoms with van der Waals surface area (Å²) in [6.45, 7) is 2.79. The molecule has 0 bridgehead atoms. The molecule has 1 saturated carbocycles. The molecular formula is C29H29ClF4N4O3. The molecule has 2 aliphatic rings. The van der Waals surface area contributed by atoms with E-state index in [-0.39, 0.29) is 30.5 Å². The van der Waals surface area contributed by atoms with Crippen molar-refractivity contribution in [2.45, 2.75) is 50.6 Å². The van der Waals surface area contributed by atoms with E-state index in [9.17, 15) is 22.4 Å². The Labute approximate surface area is 239 Å². The van der Waals surface area contributed by atoms with Crippen molar-refractivity contribution in [2.24, 2.45) is 0 Å². The molecule has 12 heteroatoms. The van der Waals surface area contributed by atoms with Crippen LogP contribution in [-0.4, -0.2) is 60.6 Å². The zero-order valence-corrected chi connectivity index (χ0v) is 22.9. The molecule has 2 heterocycles. The highest BCUT2D eigenvalue weighted by atomic mass is 35.5. The second kappa shape index (κ2) is 12.3. The minimum atomic E-state index is -4.60. The molecule has 1 amide bonds. The highest BCUT2D eigenvalue weighted by Gasteiger charge is 2.34. The van der Waals surface area contributed by atoms with Gasteiger partial charge in [0.05, 0.1) is 34.9 Å². The number of alkyl halides is 3. The van der Waals surface area contributed by atoms with Crippen LogP contribution in [0, 0.1) is 17.1 Å². The molecule has 0 unspecified atom stereocenters. The van der Waals surface area contributed by atoms with Gasteiger partial charge in [-0.15, -0.1) is 0 Å². The summed E-state index contributed by atoms with van der Waals surface area (Å²) >= 11 is 6.40. The van der Waals surface area contributed by atoms with Crippen molar-refractivity contribution in [2.75, 3.05) is 38.1 Å². The predicted octanol–water partition coefficient (Wildman–Crippen LogP) is 6.20. The largest absolute Gasteiger partial charge is 0.458 e. The first-order valence-corrected chi connectivity index (χ1v) is 13.8. The number of halogens is 5. The van der Waals surface area contributed by atoms with Gasteiger partial charge < -0.3 is 19.4 Å². The van der Waals surface area contributed by atoms with Crippen LogP contribution < -0.4 is 5.32 Å². The summed E-state index contributed by atoms with van der Waals surface area (Å²) in [5.41, 5.74) is -0.491. The first-order chi connectivity index (χ1) is 19.6. The number of hydrogen-bond donors (Lipinski definition) is 1. The number of nitrogens with one attached hydrogen (secondary N) is 1. The molecule has 1 aliphatic carbocycles. The number of carbonyl (C=O) groups excluding carboxylic acids is 1. The Morgan fingerprint density at radius 2 is 1.83 bits per heavy atom. The summed E-state index contributed by atoms with van der Waals surface area (Å²) in [5.74, 6) is 0.108.